The summed E-state index contributed by atoms with van der Waals surface area (Å²) in [5, 5.41) is 4.02. The Morgan fingerprint density at radius 1 is 0.964 bits per heavy atom. The van der Waals surface area contributed by atoms with E-state index in [1.165, 1.54) is 11.1 Å². The molecule has 0 aliphatic carbocycles. The number of hydrazone groups is 1. The van der Waals surface area contributed by atoms with Crippen molar-refractivity contribution >= 4 is 17.8 Å². The Kier molecular flexibility index (Phi) is 5.06. The van der Waals surface area contributed by atoms with Gasteiger partial charge >= 0.3 is 0 Å². The smallest absolute Gasteiger partial charge is 0.271 e. The Morgan fingerprint density at radius 3 is 2.21 bits per heavy atom. The number of nitrogens with zero attached hydrogens (tertiary/aromatic N) is 2. The number of nitrogens with one attached hydrogen (secondary N) is 1. The lowest BCUT2D eigenvalue weighted by molar-refractivity contribution is 0.0955. The molecule has 5 nitrogen and oxygen atoms in total. The zero-order chi connectivity index (χ0) is 19.3. The van der Waals surface area contributed by atoms with Crippen LogP contribution in [0.2, 0.25) is 0 Å². The first-order chi connectivity index (χ1) is 13.7. The summed E-state index contributed by atoms with van der Waals surface area (Å²) >= 11 is 0. The highest BCUT2D eigenvalue weighted by Crippen LogP contribution is 2.28. The van der Waals surface area contributed by atoms with Gasteiger partial charge in [0.25, 0.3) is 5.91 Å². The molecule has 1 N–H and O–H groups in total. The molecule has 0 atom stereocenters. The number of carbonyl (C=O) groups is 1. The zero-order valence-corrected chi connectivity index (χ0v) is 15.6. The first kappa shape index (κ1) is 17.8. The minimum atomic E-state index is -0.235. The molecule has 0 unspecified atom stereocenters. The molecule has 0 saturated carbocycles. The van der Waals surface area contributed by atoms with Gasteiger partial charge in [0.15, 0.2) is 0 Å². The number of methoxy groups -OCH3 is 1. The Balaban J connectivity index is 1.36. The summed E-state index contributed by atoms with van der Waals surface area (Å²) in [6.07, 6.45) is 1.60. The fourth-order valence-corrected chi connectivity index (χ4v) is 3.26. The summed E-state index contributed by atoms with van der Waals surface area (Å²) in [6, 6.07) is 23.5. The fourth-order valence-electron chi connectivity index (χ4n) is 3.26. The highest BCUT2D eigenvalue weighted by atomic mass is 16.5. The van der Waals surface area contributed by atoms with Crippen molar-refractivity contribution in [3.63, 3.8) is 0 Å². The lowest BCUT2D eigenvalue weighted by Crippen LogP contribution is -2.18. The largest absolute Gasteiger partial charge is 0.497 e. The molecule has 0 saturated heterocycles. The van der Waals surface area contributed by atoms with Gasteiger partial charge in [-0.3, -0.25) is 4.79 Å². The summed E-state index contributed by atoms with van der Waals surface area (Å²) in [5.74, 6) is 0.545. The molecule has 3 aromatic carbocycles. The molecule has 140 valence electrons. The van der Waals surface area contributed by atoms with Crippen LogP contribution < -0.4 is 15.1 Å². The van der Waals surface area contributed by atoms with E-state index in [1.54, 1.807) is 13.3 Å². The van der Waals surface area contributed by atoms with E-state index in [2.05, 4.69) is 39.7 Å². The van der Waals surface area contributed by atoms with Crippen molar-refractivity contribution in [2.24, 2.45) is 5.10 Å². The van der Waals surface area contributed by atoms with Crippen LogP contribution in [0.15, 0.2) is 77.9 Å². The molecule has 0 fully saturated rings. The highest BCUT2D eigenvalue weighted by Gasteiger charge is 2.18. The summed E-state index contributed by atoms with van der Waals surface area (Å²) in [5.41, 5.74) is 7.84. The molecule has 0 radical (unpaired) electrons. The first-order valence-electron chi connectivity index (χ1n) is 9.12. The van der Waals surface area contributed by atoms with Crippen molar-refractivity contribution in [3.05, 3.63) is 95.1 Å². The number of fused-ring (bicyclic) bond motifs is 1. The number of rotatable bonds is 5. The van der Waals surface area contributed by atoms with E-state index in [0.717, 1.165) is 30.1 Å². The van der Waals surface area contributed by atoms with E-state index in [4.69, 9.17) is 4.74 Å². The second-order valence-corrected chi connectivity index (χ2v) is 6.64. The molecule has 4 rings (SSSR count). The third kappa shape index (κ3) is 3.88. The van der Waals surface area contributed by atoms with Crippen LogP contribution in [0.4, 0.5) is 5.69 Å². The third-order valence-electron chi connectivity index (χ3n) is 4.83. The second-order valence-electron chi connectivity index (χ2n) is 6.64. The van der Waals surface area contributed by atoms with Gasteiger partial charge in [0.05, 0.1) is 13.3 Å². The van der Waals surface area contributed by atoms with Crippen LogP contribution in [-0.2, 0) is 13.1 Å². The number of benzene rings is 3. The normalized spacial score (nSPS) is 12.8. The van der Waals surface area contributed by atoms with Crippen molar-refractivity contribution in [2.45, 2.75) is 13.1 Å². The summed E-state index contributed by atoms with van der Waals surface area (Å²) in [4.78, 5) is 14.6. The Labute approximate surface area is 164 Å². The summed E-state index contributed by atoms with van der Waals surface area (Å²) in [7, 11) is 1.62. The van der Waals surface area contributed by atoms with Crippen LogP contribution in [0.5, 0.6) is 5.75 Å². The molecule has 0 aromatic heterocycles. The lowest BCUT2D eigenvalue weighted by atomic mass is 10.1. The van der Waals surface area contributed by atoms with Gasteiger partial charge in [-0.15, -0.1) is 0 Å². The SMILES string of the molecule is COc1ccc(/C=N/NC(=O)c2ccc(N3Cc4ccccc4C3)cc2)cc1. The zero-order valence-electron chi connectivity index (χ0n) is 15.6. The van der Waals surface area contributed by atoms with E-state index >= 15 is 0 Å². The lowest BCUT2D eigenvalue weighted by Gasteiger charge is -2.17. The quantitative estimate of drug-likeness (QED) is 0.545. The number of carbonyl (C=O) groups excluding carboxylic acids is 1. The Hall–Kier alpha value is -3.60. The predicted octanol–water partition coefficient (Wildman–Crippen LogP) is 3.98. The van der Waals surface area contributed by atoms with Crippen LogP contribution >= 0.6 is 0 Å². The average molecular weight is 371 g/mol. The molecule has 3 aromatic rings. The molecule has 0 spiro atoms. The topological polar surface area (TPSA) is 53.9 Å². The van der Waals surface area contributed by atoms with Gasteiger partial charge in [0.2, 0.25) is 0 Å². The molecule has 1 aliphatic heterocycles. The van der Waals surface area contributed by atoms with E-state index in [0.29, 0.717) is 5.56 Å². The second kappa shape index (κ2) is 7.96. The number of anilines is 1. The van der Waals surface area contributed by atoms with Crippen LogP contribution in [0.25, 0.3) is 0 Å². The van der Waals surface area contributed by atoms with Crippen molar-refractivity contribution in [2.75, 3.05) is 12.0 Å². The van der Waals surface area contributed by atoms with Crippen LogP contribution in [0.3, 0.4) is 0 Å². The van der Waals surface area contributed by atoms with Gasteiger partial charge in [0.1, 0.15) is 5.75 Å². The minimum absolute atomic E-state index is 0.235. The number of ether oxygens (including phenoxy) is 1. The monoisotopic (exact) mass is 371 g/mol. The standard InChI is InChI=1S/C23H21N3O2/c1-28-22-12-6-17(7-13-22)14-24-25-23(27)18-8-10-21(11-9-18)26-15-19-4-2-3-5-20(19)16-26/h2-14H,15-16H2,1H3,(H,25,27)/b24-14+. The van der Waals surface area contributed by atoms with E-state index in [-0.39, 0.29) is 5.91 Å². The van der Waals surface area contributed by atoms with E-state index < -0.39 is 0 Å². The van der Waals surface area contributed by atoms with E-state index in [9.17, 15) is 4.79 Å². The van der Waals surface area contributed by atoms with Crippen LogP contribution in [0, 0.1) is 0 Å². The van der Waals surface area contributed by atoms with Crippen LogP contribution in [-0.4, -0.2) is 19.2 Å². The number of amides is 1. The molecule has 28 heavy (non-hydrogen) atoms. The third-order valence-corrected chi connectivity index (χ3v) is 4.83. The van der Waals surface area contributed by atoms with Gasteiger partial charge in [-0.25, -0.2) is 5.43 Å². The molecule has 5 heteroatoms. The fraction of sp³-hybridized carbons (Fsp3) is 0.130. The summed E-state index contributed by atoms with van der Waals surface area (Å²) < 4.78 is 5.12. The van der Waals surface area contributed by atoms with Gasteiger partial charge in [-0.1, -0.05) is 24.3 Å². The van der Waals surface area contributed by atoms with E-state index in [1.807, 2.05) is 48.5 Å². The Bertz CT molecular complexity index is 970. The molecule has 1 amide bonds. The number of hydrogen-bond acceptors (Lipinski definition) is 4. The minimum Gasteiger partial charge on any atom is -0.497 e. The van der Waals surface area contributed by atoms with Gasteiger partial charge in [-0.2, -0.15) is 5.10 Å². The maximum absolute atomic E-state index is 12.3. The van der Waals surface area contributed by atoms with Gasteiger partial charge < -0.3 is 9.64 Å². The van der Waals surface area contributed by atoms with Crippen LogP contribution in [0.1, 0.15) is 27.0 Å². The predicted molar refractivity (Wildman–Crippen MR) is 111 cm³/mol. The van der Waals surface area contributed by atoms with Crippen molar-refractivity contribution in [1.82, 2.24) is 5.43 Å². The van der Waals surface area contributed by atoms with Gasteiger partial charge in [0, 0.05) is 24.3 Å². The molecule has 1 aliphatic rings. The maximum atomic E-state index is 12.3. The molecular formula is C23H21N3O2. The van der Waals surface area contributed by atoms with Crippen molar-refractivity contribution < 1.29 is 9.53 Å². The molecular weight excluding hydrogens is 350 g/mol. The number of hydrogen-bond donors (Lipinski definition) is 1. The maximum Gasteiger partial charge on any atom is 0.271 e. The van der Waals surface area contributed by atoms with Crippen molar-refractivity contribution in [1.29, 1.82) is 0 Å². The Morgan fingerprint density at radius 2 is 1.61 bits per heavy atom. The highest BCUT2D eigenvalue weighted by molar-refractivity contribution is 5.95. The molecule has 1 heterocycles. The summed E-state index contributed by atoms with van der Waals surface area (Å²) in [6.45, 7) is 1.79. The molecule has 0 bridgehead atoms. The average Bonchev–Trinajstić information content (AvgIpc) is 3.18. The van der Waals surface area contributed by atoms with Gasteiger partial charge in [-0.05, 0) is 65.2 Å². The van der Waals surface area contributed by atoms with Crippen molar-refractivity contribution in [3.8, 4) is 5.75 Å². The first-order valence-corrected chi connectivity index (χ1v) is 9.12.